The normalized spacial score (nSPS) is 20.4. The van der Waals surface area contributed by atoms with Crippen molar-refractivity contribution in [3.63, 3.8) is 0 Å². The first-order chi connectivity index (χ1) is 9.22. The molecule has 0 amide bonds. The van der Waals surface area contributed by atoms with Crippen LogP contribution in [-0.2, 0) is 6.42 Å². The molecule has 0 spiro atoms. The molecule has 104 valence electrons. The number of hydrogen-bond donors (Lipinski definition) is 1. The van der Waals surface area contributed by atoms with Gasteiger partial charge in [-0.25, -0.2) is 0 Å². The van der Waals surface area contributed by atoms with Crippen molar-refractivity contribution in [1.29, 1.82) is 0 Å². The lowest BCUT2D eigenvalue weighted by Gasteiger charge is -2.34. The number of nitro groups is 1. The molecule has 5 nitrogen and oxygen atoms in total. The van der Waals surface area contributed by atoms with Crippen molar-refractivity contribution >= 4 is 5.69 Å². The maximum absolute atomic E-state index is 11.0. The minimum atomic E-state index is -0.300. The van der Waals surface area contributed by atoms with Crippen LogP contribution in [0, 0.1) is 10.1 Å². The van der Waals surface area contributed by atoms with Gasteiger partial charge in [-0.2, -0.15) is 0 Å². The number of nitrogens with two attached hydrogens (primary N) is 1. The molecule has 1 aromatic carbocycles. The molecule has 0 bridgehead atoms. The summed E-state index contributed by atoms with van der Waals surface area (Å²) >= 11 is 0. The number of likely N-dealkylation sites (tertiary alicyclic amines) is 1. The molecular weight excluding hydrogens is 242 g/mol. The summed E-state index contributed by atoms with van der Waals surface area (Å²) in [5.41, 5.74) is 6.83. The van der Waals surface area contributed by atoms with Crippen LogP contribution in [0.4, 0.5) is 5.69 Å². The Morgan fingerprint density at radius 2 is 2.16 bits per heavy atom. The van der Waals surface area contributed by atoms with E-state index in [9.17, 15) is 10.1 Å². The molecule has 19 heavy (non-hydrogen) atoms. The van der Waals surface area contributed by atoms with Crippen LogP contribution < -0.4 is 5.73 Å². The van der Waals surface area contributed by atoms with Gasteiger partial charge in [-0.1, -0.05) is 24.6 Å². The second-order valence-electron chi connectivity index (χ2n) is 5.06. The van der Waals surface area contributed by atoms with E-state index in [4.69, 9.17) is 5.73 Å². The zero-order valence-corrected chi connectivity index (χ0v) is 11.1. The van der Waals surface area contributed by atoms with E-state index in [-0.39, 0.29) is 10.6 Å². The summed E-state index contributed by atoms with van der Waals surface area (Å²) in [7, 11) is 0. The smallest absolute Gasteiger partial charge is 0.272 e. The second kappa shape index (κ2) is 6.63. The van der Waals surface area contributed by atoms with E-state index in [1.165, 1.54) is 12.8 Å². The summed E-state index contributed by atoms with van der Waals surface area (Å²) in [5.74, 6) is 0. The summed E-state index contributed by atoms with van der Waals surface area (Å²) in [6.07, 6.45) is 4.30. The number of nitrogens with zero attached hydrogens (tertiary/aromatic N) is 2. The van der Waals surface area contributed by atoms with Crippen LogP contribution in [0.1, 0.15) is 24.8 Å². The Balaban J connectivity index is 2.00. The average Bonchev–Trinajstić information content (AvgIpc) is 2.45. The van der Waals surface area contributed by atoms with E-state index in [1.54, 1.807) is 12.1 Å². The molecule has 0 radical (unpaired) electrons. The largest absolute Gasteiger partial charge is 0.329 e. The number of rotatable bonds is 5. The minimum Gasteiger partial charge on any atom is -0.329 e. The molecule has 2 rings (SSSR count). The van der Waals surface area contributed by atoms with Crippen LogP contribution >= 0.6 is 0 Å². The Labute approximate surface area is 113 Å². The monoisotopic (exact) mass is 263 g/mol. The second-order valence-corrected chi connectivity index (χ2v) is 5.06. The molecule has 2 N–H and O–H groups in total. The Morgan fingerprint density at radius 1 is 1.37 bits per heavy atom. The van der Waals surface area contributed by atoms with Crippen molar-refractivity contribution in [3.05, 3.63) is 39.9 Å². The summed E-state index contributed by atoms with van der Waals surface area (Å²) in [5, 5.41) is 11.0. The van der Waals surface area contributed by atoms with Gasteiger partial charge in [0.1, 0.15) is 0 Å². The molecule has 0 aliphatic carbocycles. The van der Waals surface area contributed by atoms with Crippen LogP contribution in [0.15, 0.2) is 24.3 Å². The highest BCUT2D eigenvalue weighted by Gasteiger charge is 2.21. The lowest BCUT2D eigenvalue weighted by atomic mass is 10.0. The number of hydrogen-bond acceptors (Lipinski definition) is 4. The fraction of sp³-hybridized carbons (Fsp3) is 0.571. The highest BCUT2D eigenvalue weighted by Crippen LogP contribution is 2.21. The van der Waals surface area contributed by atoms with Gasteiger partial charge < -0.3 is 5.73 Å². The fourth-order valence-corrected chi connectivity index (χ4v) is 2.79. The van der Waals surface area contributed by atoms with Gasteiger partial charge >= 0.3 is 0 Å². The van der Waals surface area contributed by atoms with Gasteiger partial charge in [-0.3, -0.25) is 15.0 Å². The third-order valence-electron chi connectivity index (χ3n) is 3.88. The van der Waals surface area contributed by atoms with E-state index in [0.29, 0.717) is 19.0 Å². The lowest BCUT2D eigenvalue weighted by molar-refractivity contribution is -0.385. The Bertz CT molecular complexity index is 436. The van der Waals surface area contributed by atoms with Crippen LogP contribution in [0.25, 0.3) is 0 Å². The molecule has 1 aliphatic rings. The van der Waals surface area contributed by atoms with Crippen molar-refractivity contribution in [2.24, 2.45) is 5.73 Å². The van der Waals surface area contributed by atoms with Crippen LogP contribution in [0.3, 0.4) is 0 Å². The maximum atomic E-state index is 11.0. The van der Waals surface area contributed by atoms with E-state index in [0.717, 1.165) is 25.1 Å². The number of nitro benzene ring substituents is 1. The van der Waals surface area contributed by atoms with Crippen LogP contribution in [-0.4, -0.2) is 35.5 Å². The Kier molecular flexibility index (Phi) is 4.87. The lowest BCUT2D eigenvalue weighted by Crippen LogP contribution is -2.44. The van der Waals surface area contributed by atoms with Gasteiger partial charge in [0.15, 0.2) is 0 Å². The molecule has 0 saturated carbocycles. The predicted octanol–water partition coefficient (Wildman–Crippen LogP) is 1.95. The molecular formula is C14H21N3O2. The molecule has 5 heteroatoms. The van der Waals surface area contributed by atoms with Gasteiger partial charge in [0.05, 0.1) is 4.92 Å². The highest BCUT2D eigenvalue weighted by atomic mass is 16.6. The van der Waals surface area contributed by atoms with Gasteiger partial charge in [-0.15, -0.1) is 0 Å². The number of piperidine rings is 1. The third kappa shape index (κ3) is 3.52. The Morgan fingerprint density at radius 3 is 2.89 bits per heavy atom. The summed E-state index contributed by atoms with van der Waals surface area (Å²) in [6.45, 7) is 2.59. The topological polar surface area (TPSA) is 72.4 Å². The predicted molar refractivity (Wildman–Crippen MR) is 75.1 cm³/mol. The van der Waals surface area contributed by atoms with Crippen LogP contribution in [0.5, 0.6) is 0 Å². The van der Waals surface area contributed by atoms with Crippen molar-refractivity contribution in [2.45, 2.75) is 31.7 Å². The van der Waals surface area contributed by atoms with E-state index < -0.39 is 0 Å². The van der Waals surface area contributed by atoms with Crippen molar-refractivity contribution in [1.82, 2.24) is 4.90 Å². The first-order valence-electron chi connectivity index (χ1n) is 6.89. The molecule has 0 aromatic heterocycles. The zero-order chi connectivity index (χ0) is 13.7. The van der Waals surface area contributed by atoms with Gasteiger partial charge in [-0.05, 0) is 25.8 Å². The van der Waals surface area contributed by atoms with Gasteiger partial charge in [0.25, 0.3) is 5.69 Å². The summed E-state index contributed by atoms with van der Waals surface area (Å²) in [6, 6.07) is 7.44. The summed E-state index contributed by atoms with van der Waals surface area (Å²) < 4.78 is 0. The molecule has 1 aliphatic heterocycles. The Hall–Kier alpha value is -1.46. The van der Waals surface area contributed by atoms with Crippen molar-refractivity contribution < 1.29 is 4.92 Å². The summed E-state index contributed by atoms with van der Waals surface area (Å²) in [4.78, 5) is 13.0. The van der Waals surface area contributed by atoms with E-state index in [1.807, 2.05) is 12.1 Å². The molecule has 1 saturated heterocycles. The SMILES string of the molecule is NCC1CCCCN1CCc1ccccc1[N+](=O)[O-]. The fourth-order valence-electron chi connectivity index (χ4n) is 2.79. The van der Waals surface area contributed by atoms with Gasteiger partial charge in [0.2, 0.25) is 0 Å². The average molecular weight is 263 g/mol. The zero-order valence-electron chi connectivity index (χ0n) is 11.1. The molecule has 1 fully saturated rings. The first kappa shape index (κ1) is 14.0. The highest BCUT2D eigenvalue weighted by molar-refractivity contribution is 5.39. The van der Waals surface area contributed by atoms with Crippen molar-refractivity contribution in [2.75, 3.05) is 19.6 Å². The van der Waals surface area contributed by atoms with E-state index >= 15 is 0 Å². The molecule has 1 unspecified atom stereocenters. The molecule has 1 heterocycles. The quantitative estimate of drug-likeness (QED) is 0.651. The van der Waals surface area contributed by atoms with E-state index in [2.05, 4.69) is 4.90 Å². The number of para-hydroxylation sites is 1. The first-order valence-corrected chi connectivity index (χ1v) is 6.89. The molecule has 1 atom stereocenters. The maximum Gasteiger partial charge on any atom is 0.272 e. The van der Waals surface area contributed by atoms with Crippen LogP contribution in [0.2, 0.25) is 0 Å². The minimum absolute atomic E-state index is 0.226. The molecule has 1 aromatic rings. The third-order valence-corrected chi connectivity index (χ3v) is 3.88. The van der Waals surface area contributed by atoms with Crippen molar-refractivity contribution in [3.8, 4) is 0 Å². The standard InChI is InChI=1S/C14H21N3O2/c15-11-13-6-3-4-9-16(13)10-8-12-5-1-2-7-14(12)17(18)19/h1-2,5,7,13H,3-4,6,8-11,15H2. The van der Waals surface area contributed by atoms with Gasteiger partial charge in [0, 0.05) is 30.8 Å². The number of benzene rings is 1.